The van der Waals surface area contributed by atoms with Crippen molar-refractivity contribution in [3.63, 3.8) is 0 Å². The second-order valence-electron chi connectivity index (χ2n) is 8.75. The van der Waals surface area contributed by atoms with Crippen molar-refractivity contribution in [2.24, 2.45) is 10.1 Å². The zero-order valence-electron chi connectivity index (χ0n) is 20.4. The van der Waals surface area contributed by atoms with Crippen LogP contribution >= 0.6 is 11.3 Å². The van der Waals surface area contributed by atoms with Crippen LogP contribution < -0.4 is 24.3 Å². The maximum Gasteiger partial charge on any atom is 0.262 e. The fourth-order valence-electron chi connectivity index (χ4n) is 4.12. The number of anilines is 1. The SMILES string of the molecule is CC(=Nn1c(-c2ccc3c(c2)NC(=O)CO3)csc1=Nc1ccc(C)cc1)c1ccc2c(c1)OCCO2. The van der Waals surface area contributed by atoms with Crippen molar-refractivity contribution < 1.29 is 19.0 Å². The number of amides is 1. The van der Waals surface area contributed by atoms with Crippen molar-refractivity contribution in [3.8, 4) is 28.5 Å². The number of fused-ring (bicyclic) bond motifs is 2. The second kappa shape index (κ2) is 9.59. The van der Waals surface area contributed by atoms with Gasteiger partial charge in [-0.05, 0) is 62.4 Å². The summed E-state index contributed by atoms with van der Waals surface area (Å²) in [4.78, 5) is 17.5. The Balaban J connectivity index is 1.47. The first-order chi connectivity index (χ1) is 18.0. The first-order valence-corrected chi connectivity index (χ1v) is 12.8. The number of benzene rings is 3. The molecule has 3 aromatic carbocycles. The van der Waals surface area contributed by atoms with Crippen LogP contribution in [0.5, 0.6) is 17.2 Å². The molecule has 0 aliphatic carbocycles. The fourth-order valence-corrected chi connectivity index (χ4v) is 4.97. The van der Waals surface area contributed by atoms with Gasteiger partial charge in [-0.1, -0.05) is 17.7 Å². The van der Waals surface area contributed by atoms with Crippen LogP contribution in [0.3, 0.4) is 0 Å². The molecule has 1 aromatic heterocycles. The molecule has 0 unspecified atom stereocenters. The Morgan fingerprint density at radius 3 is 2.57 bits per heavy atom. The van der Waals surface area contributed by atoms with E-state index in [2.05, 4.69) is 5.32 Å². The molecule has 2 aliphatic heterocycles. The van der Waals surface area contributed by atoms with Gasteiger partial charge in [0.15, 0.2) is 18.1 Å². The highest BCUT2D eigenvalue weighted by Crippen LogP contribution is 2.34. The first-order valence-electron chi connectivity index (χ1n) is 11.9. The maximum atomic E-state index is 11.9. The van der Waals surface area contributed by atoms with Gasteiger partial charge in [0, 0.05) is 16.5 Å². The Kier molecular flexibility index (Phi) is 5.97. The van der Waals surface area contributed by atoms with Crippen molar-refractivity contribution in [1.29, 1.82) is 0 Å². The van der Waals surface area contributed by atoms with Crippen molar-refractivity contribution in [1.82, 2.24) is 4.68 Å². The standard InChI is InChI=1S/C28H24N4O4S/c1-17-3-7-21(8-4-17)29-28-32(31-18(2)19-5-10-25-26(14-19)35-12-11-34-25)23(16-37-28)20-6-9-24-22(13-20)30-27(33)15-36-24/h3-10,13-14,16H,11-12,15H2,1-2H3,(H,30,33). The number of aromatic nitrogens is 1. The molecule has 0 saturated carbocycles. The minimum absolute atomic E-state index is 0.0173. The summed E-state index contributed by atoms with van der Waals surface area (Å²) in [5, 5.41) is 9.89. The van der Waals surface area contributed by atoms with Gasteiger partial charge in [-0.3, -0.25) is 4.79 Å². The first kappa shape index (κ1) is 23.1. The largest absolute Gasteiger partial charge is 0.486 e. The Hall–Kier alpha value is -4.37. The van der Waals surface area contributed by atoms with Gasteiger partial charge in [0.25, 0.3) is 5.91 Å². The van der Waals surface area contributed by atoms with E-state index in [4.69, 9.17) is 24.3 Å². The van der Waals surface area contributed by atoms with E-state index in [0.717, 1.165) is 34.0 Å². The number of carbonyl (C=O) groups is 1. The number of rotatable bonds is 4. The molecule has 1 amide bonds. The molecule has 0 fully saturated rings. The lowest BCUT2D eigenvalue weighted by Crippen LogP contribution is -2.25. The van der Waals surface area contributed by atoms with Crippen LogP contribution in [-0.2, 0) is 4.79 Å². The molecule has 0 atom stereocenters. The molecule has 6 rings (SSSR count). The summed E-state index contributed by atoms with van der Waals surface area (Å²) in [6.07, 6.45) is 0. The number of carbonyl (C=O) groups excluding carboxylic acids is 1. The maximum absolute atomic E-state index is 11.9. The predicted octanol–water partition coefficient (Wildman–Crippen LogP) is 5.13. The van der Waals surface area contributed by atoms with Crippen LogP contribution in [0.2, 0.25) is 0 Å². The molecule has 186 valence electrons. The Bertz CT molecular complexity index is 1600. The normalized spacial score (nSPS) is 15.1. The molecule has 0 radical (unpaired) electrons. The van der Waals surface area contributed by atoms with Crippen LogP contribution in [-0.4, -0.2) is 36.1 Å². The van der Waals surface area contributed by atoms with E-state index in [1.165, 1.54) is 16.9 Å². The lowest BCUT2D eigenvalue weighted by molar-refractivity contribution is -0.118. The topological polar surface area (TPSA) is 86.4 Å². The summed E-state index contributed by atoms with van der Waals surface area (Å²) in [6.45, 7) is 5.09. The number of nitrogens with zero attached hydrogens (tertiary/aromatic N) is 3. The van der Waals surface area contributed by atoms with E-state index in [-0.39, 0.29) is 12.5 Å². The highest BCUT2D eigenvalue weighted by molar-refractivity contribution is 7.07. The summed E-state index contributed by atoms with van der Waals surface area (Å²) < 4.78 is 18.8. The van der Waals surface area contributed by atoms with Crippen molar-refractivity contribution in [2.75, 3.05) is 25.1 Å². The Labute approximate surface area is 217 Å². The lowest BCUT2D eigenvalue weighted by Gasteiger charge is -2.19. The Morgan fingerprint density at radius 1 is 0.946 bits per heavy atom. The molecule has 1 N–H and O–H groups in total. The average molecular weight is 513 g/mol. The van der Waals surface area contributed by atoms with Gasteiger partial charge in [0.05, 0.1) is 22.8 Å². The summed E-state index contributed by atoms with van der Waals surface area (Å²) in [6, 6.07) is 19.6. The number of aryl methyl sites for hydroxylation is 1. The van der Waals surface area contributed by atoms with Gasteiger partial charge < -0.3 is 19.5 Å². The lowest BCUT2D eigenvalue weighted by atomic mass is 10.1. The molecule has 37 heavy (non-hydrogen) atoms. The highest BCUT2D eigenvalue weighted by Gasteiger charge is 2.18. The summed E-state index contributed by atoms with van der Waals surface area (Å²) in [5.74, 6) is 1.92. The van der Waals surface area contributed by atoms with E-state index in [9.17, 15) is 4.79 Å². The van der Waals surface area contributed by atoms with Gasteiger partial charge >= 0.3 is 0 Å². The summed E-state index contributed by atoms with van der Waals surface area (Å²) in [7, 11) is 0. The van der Waals surface area contributed by atoms with Gasteiger partial charge in [0.2, 0.25) is 4.80 Å². The van der Waals surface area contributed by atoms with Gasteiger partial charge in [-0.15, -0.1) is 11.3 Å². The third-order valence-electron chi connectivity index (χ3n) is 6.06. The van der Waals surface area contributed by atoms with E-state index >= 15 is 0 Å². The molecule has 0 spiro atoms. The molecular formula is C28H24N4O4S. The highest BCUT2D eigenvalue weighted by atomic mass is 32.1. The molecule has 9 heteroatoms. The Morgan fingerprint density at radius 2 is 1.73 bits per heavy atom. The van der Waals surface area contributed by atoms with Crippen molar-refractivity contribution >= 4 is 34.3 Å². The third-order valence-corrected chi connectivity index (χ3v) is 6.88. The third kappa shape index (κ3) is 4.73. The molecule has 8 nitrogen and oxygen atoms in total. The van der Waals surface area contributed by atoms with E-state index < -0.39 is 0 Å². The van der Waals surface area contributed by atoms with Crippen molar-refractivity contribution in [3.05, 3.63) is 82.0 Å². The molecule has 0 bridgehead atoms. The predicted molar refractivity (Wildman–Crippen MR) is 143 cm³/mol. The number of thiazole rings is 1. The quantitative estimate of drug-likeness (QED) is 0.384. The van der Waals surface area contributed by atoms with Crippen LogP contribution in [0, 0.1) is 6.92 Å². The van der Waals surface area contributed by atoms with Crippen LogP contribution in [0.4, 0.5) is 11.4 Å². The summed E-state index contributed by atoms with van der Waals surface area (Å²) >= 11 is 1.49. The summed E-state index contributed by atoms with van der Waals surface area (Å²) in [5.41, 5.74) is 6.07. The number of hydrogen-bond acceptors (Lipinski definition) is 7. The molecule has 4 aromatic rings. The van der Waals surface area contributed by atoms with Crippen LogP contribution in [0.15, 0.2) is 76.1 Å². The average Bonchev–Trinajstić information content (AvgIpc) is 3.30. The van der Waals surface area contributed by atoms with Gasteiger partial charge in [-0.2, -0.15) is 5.10 Å². The molecule has 3 heterocycles. The minimum atomic E-state index is -0.176. The van der Waals surface area contributed by atoms with Gasteiger partial charge in [0.1, 0.15) is 19.0 Å². The minimum Gasteiger partial charge on any atom is -0.486 e. The molecular weight excluding hydrogens is 488 g/mol. The number of hydrogen-bond donors (Lipinski definition) is 1. The number of ether oxygens (including phenoxy) is 3. The van der Waals surface area contributed by atoms with Crippen LogP contribution in [0.25, 0.3) is 11.3 Å². The molecule has 2 aliphatic rings. The van der Waals surface area contributed by atoms with Crippen molar-refractivity contribution in [2.45, 2.75) is 13.8 Å². The zero-order chi connectivity index (χ0) is 25.4. The van der Waals surface area contributed by atoms with E-state index in [1.807, 2.05) is 84.6 Å². The van der Waals surface area contributed by atoms with Crippen LogP contribution in [0.1, 0.15) is 18.1 Å². The van der Waals surface area contributed by atoms with E-state index in [0.29, 0.717) is 35.2 Å². The fraction of sp³-hybridized carbons (Fsp3) is 0.179. The van der Waals surface area contributed by atoms with E-state index in [1.54, 1.807) is 0 Å². The zero-order valence-corrected chi connectivity index (χ0v) is 21.2. The van der Waals surface area contributed by atoms with Gasteiger partial charge in [-0.25, -0.2) is 9.67 Å². The molecule has 0 saturated heterocycles. The second-order valence-corrected chi connectivity index (χ2v) is 9.59. The smallest absolute Gasteiger partial charge is 0.262 e. The monoisotopic (exact) mass is 512 g/mol. The number of nitrogens with one attached hydrogen (secondary N) is 1.